The Morgan fingerprint density at radius 2 is 2.00 bits per heavy atom. The number of methoxy groups -OCH3 is 1. The van der Waals surface area contributed by atoms with Crippen molar-refractivity contribution < 1.29 is 4.74 Å². The average molecular weight is 245 g/mol. The molecule has 2 rings (SSSR count). The number of nitrogens with one attached hydrogen (secondary N) is 1. The predicted octanol–water partition coefficient (Wildman–Crippen LogP) is 2.41. The van der Waals surface area contributed by atoms with Crippen LogP contribution < -0.4 is 5.73 Å². The van der Waals surface area contributed by atoms with Gasteiger partial charge in [0, 0.05) is 24.8 Å². The molecule has 0 fully saturated rings. The van der Waals surface area contributed by atoms with E-state index in [2.05, 4.69) is 41.4 Å². The average Bonchev–Trinajstić information content (AvgIpc) is 2.77. The molecule has 0 spiro atoms. The third kappa shape index (κ3) is 2.54. The monoisotopic (exact) mass is 245 g/mol. The van der Waals surface area contributed by atoms with Gasteiger partial charge in [-0.05, 0) is 17.5 Å². The van der Waals surface area contributed by atoms with Crippen molar-refractivity contribution in [3.05, 3.63) is 35.5 Å². The van der Waals surface area contributed by atoms with Crippen LogP contribution in [0.15, 0.2) is 24.3 Å². The van der Waals surface area contributed by atoms with Crippen molar-refractivity contribution in [1.82, 2.24) is 10.2 Å². The summed E-state index contributed by atoms with van der Waals surface area (Å²) in [6.45, 7) is 2.80. The Morgan fingerprint density at radius 3 is 2.61 bits per heavy atom. The first-order valence-electron chi connectivity index (χ1n) is 6.17. The molecular weight excluding hydrogens is 226 g/mol. The van der Waals surface area contributed by atoms with E-state index in [0.717, 1.165) is 29.7 Å². The molecule has 1 aromatic carbocycles. The van der Waals surface area contributed by atoms with Crippen molar-refractivity contribution in [2.45, 2.75) is 19.8 Å². The third-order valence-electron chi connectivity index (χ3n) is 3.08. The predicted molar refractivity (Wildman–Crippen MR) is 73.4 cm³/mol. The highest BCUT2D eigenvalue weighted by Gasteiger charge is 2.12. The highest BCUT2D eigenvalue weighted by Crippen LogP contribution is 2.28. The lowest BCUT2D eigenvalue weighted by Crippen LogP contribution is -1.97. The van der Waals surface area contributed by atoms with Crippen LogP contribution >= 0.6 is 0 Å². The topological polar surface area (TPSA) is 63.9 Å². The summed E-state index contributed by atoms with van der Waals surface area (Å²) >= 11 is 0. The minimum Gasteiger partial charge on any atom is -0.384 e. The van der Waals surface area contributed by atoms with Crippen LogP contribution in [0.1, 0.15) is 18.2 Å². The molecule has 1 heterocycles. The molecule has 0 radical (unpaired) electrons. The number of H-pyrrole nitrogens is 1. The zero-order valence-corrected chi connectivity index (χ0v) is 10.9. The van der Waals surface area contributed by atoms with Gasteiger partial charge in [0.15, 0.2) is 5.82 Å². The smallest absolute Gasteiger partial charge is 0.153 e. The minimum atomic E-state index is 0.547. The number of nitrogens with zero attached hydrogens (tertiary/aromatic N) is 1. The Balaban J connectivity index is 2.32. The van der Waals surface area contributed by atoms with Crippen molar-refractivity contribution in [3.8, 4) is 11.1 Å². The van der Waals surface area contributed by atoms with E-state index in [4.69, 9.17) is 10.5 Å². The second-order valence-electron chi connectivity index (χ2n) is 4.26. The molecule has 0 amide bonds. The molecule has 0 atom stereocenters. The van der Waals surface area contributed by atoms with Crippen LogP contribution in [0.25, 0.3) is 11.1 Å². The maximum atomic E-state index is 5.93. The Bertz CT molecular complexity index is 502. The number of benzene rings is 1. The van der Waals surface area contributed by atoms with Gasteiger partial charge in [-0.1, -0.05) is 31.2 Å². The normalized spacial score (nSPS) is 10.8. The lowest BCUT2D eigenvalue weighted by atomic mass is 10.0. The highest BCUT2D eigenvalue weighted by molar-refractivity contribution is 5.76. The van der Waals surface area contributed by atoms with E-state index in [-0.39, 0.29) is 0 Å². The summed E-state index contributed by atoms with van der Waals surface area (Å²) in [5, 5.41) is 7.07. The molecule has 0 aliphatic carbocycles. The highest BCUT2D eigenvalue weighted by atomic mass is 16.5. The van der Waals surface area contributed by atoms with Crippen LogP contribution in [0.3, 0.4) is 0 Å². The molecule has 2 aromatic rings. The summed E-state index contributed by atoms with van der Waals surface area (Å²) in [6.07, 6.45) is 1.82. The number of nitrogen functional groups attached to an aromatic ring is 1. The van der Waals surface area contributed by atoms with E-state index >= 15 is 0 Å². The molecule has 0 aliphatic rings. The second-order valence-corrected chi connectivity index (χ2v) is 4.26. The van der Waals surface area contributed by atoms with Gasteiger partial charge in [-0.2, -0.15) is 5.10 Å². The maximum Gasteiger partial charge on any atom is 0.153 e. The van der Waals surface area contributed by atoms with Gasteiger partial charge < -0.3 is 10.5 Å². The Hall–Kier alpha value is -1.81. The van der Waals surface area contributed by atoms with Gasteiger partial charge in [0.1, 0.15) is 0 Å². The molecule has 0 saturated heterocycles. The summed E-state index contributed by atoms with van der Waals surface area (Å²) in [7, 11) is 1.69. The van der Waals surface area contributed by atoms with Crippen LogP contribution in [0.5, 0.6) is 0 Å². The number of ether oxygens (including phenoxy) is 1. The lowest BCUT2D eigenvalue weighted by Gasteiger charge is -2.05. The number of nitrogens with two attached hydrogens (primary N) is 1. The van der Waals surface area contributed by atoms with Crippen molar-refractivity contribution >= 4 is 5.82 Å². The van der Waals surface area contributed by atoms with Gasteiger partial charge >= 0.3 is 0 Å². The maximum absolute atomic E-state index is 5.93. The molecule has 18 heavy (non-hydrogen) atoms. The van der Waals surface area contributed by atoms with Crippen molar-refractivity contribution in [2.24, 2.45) is 0 Å². The van der Waals surface area contributed by atoms with E-state index in [1.807, 2.05) is 0 Å². The fourth-order valence-electron chi connectivity index (χ4n) is 2.01. The van der Waals surface area contributed by atoms with E-state index < -0.39 is 0 Å². The van der Waals surface area contributed by atoms with Crippen LogP contribution in [0.2, 0.25) is 0 Å². The number of rotatable bonds is 5. The van der Waals surface area contributed by atoms with Crippen molar-refractivity contribution in [1.29, 1.82) is 0 Å². The van der Waals surface area contributed by atoms with Gasteiger partial charge in [0.25, 0.3) is 0 Å². The Morgan fingerprint density at radius 1 is 1.28 bits per heavy atom. The van der Waals surface area contributed by atoms with E-state index in [1.54, 1.807) is 7.11 Å². The first-order chi connectivity index (χ1) is 8.76. The molecule has 4 heteroatoms. The molecule has 0 aliphatic heterocycles. The van der Waals surface area contributed by atoms with E-state index in [1.165, 1.54) is 5.56 Å². The van der Waals surface area contributed by atoms with Gasteiger partial charge in [-0.15, -0.1) is 0 Å². The Labute approximate surface area is 107 Å². The molecule has 0 bridgehead atoms. The summed E-state index contributed by atoms with van der Waals surface area (Å²) in [5.41, 5.74) is 10.4. The zero-order valence-electron chi connectivity index (χ0n) is 10.9. The molecule has 96 valence electrons. The van der Waals surface area contributed by atoms with Gasteiger partial charge in [-0.3, -0.25) is 5.10 Å². The van der Waals surface area contributed by atoms with Crippen LogP contribution in [-0.2, 0) is 17.6 Å². The quantitative estimate of drug-likeness (QED) is 0.850. The van der Waals surface area contributed by atoms with Gasteiger partial charge in [0.05, 0.1) is 6.61 Å². The van der Waals surface area contributed by atoms with E-state index in [0.29, 0.717) is 12.4 Å². The number of aryl methyl sites for hydroxylation is 1. The van der Waals surface area contributed by atoms with E-state index in [9.17, 15) is 0 Å². The summed E-state index contributed by atoms with van der Waals surface area (Å²) in [5.74, 6) is 0.547. The third-order valence-corrected chi connectivity index (χ3v) is 3.08. The number of aromatic amines is 1. The largest absolute Gasteiger partial charge is 0.384 e. The number of anilines is 1. The van der Waals surface area contributed by atoms with Gasteiger partial charge in [0.2, 0.25) is 0 Å². The molecular formula is C14H19N3O. The molecule has 0 saturated carbocycles. The number of aromatic nitrogens is 2. The van der Waals surface area contributed by atoms with Crippen molar-refractivity contribution in [2.75, 3.05) is 19.5 Å². The zero-order chi connectivity index (χ0) is 13.0. The second kappa shape index (κ2) is 5.69. The van der Waals surface area contributed by atoms with Crippen LogP contribution in [0.4, 0.5) is 5.82 Å². The summed E-state index contributed by atoms with van der Waals surface area (Å²) < 4.78 is 5.09. The number of hydrogen-bond donors (Lipinski definition) is 2. The SMILES string of the molecule is CCc1ccc(-c2c(N)n[nH]c2CCOC)cc1. The fourth-order valence-corrected chi connectivity index (χ4v) is 2.01. The standard InChI is InChI=1S/C14H19N3O/c1-3-10-4-6-11(7-5-10)13-12(8-9-18-2)16-17-14(13)15/h4-7H,3,8-9H2,1-2H3,(H3,15,16,17). The van der Waals surface area contributed by atoms with Crippen LogP contribution in [0, 0.1) is 0 Å². The summed E-state index contributed by atoms with van der Waals surface area (Å²) in [4.78, 5) is 0. The summed E-state index contributed by atoms with van der Waals surface area (Å²) in [6, 6.07) is 8.44. The van der Waals surface area contributed by atoms with Crippen LogP contribution in [-0.4, -0.2) is 23.9 Å². The fraction of sp³-hybridized carbons (Fsp3) is 0.357. The molecule has 3 N–H and O–H groups in total. The minimum absolute atomic E-state index is 0.547. The molecule has 0 unspecified atom stereocenters. The first-order valence-corrected chi connectivity index (χ1v) is 6.17. The lowest BCUT2D eigenvalue weighted by molar-refractivity contribution is 0.201. The molecule has 1 aromatic heterocycles. The molecule has 4 nitrogen and oxygen atoms in total. The van der Waals surface area contributed by atoms with Gasteiger partial charge in [-0.25, -0.2) is 0 Å². The Kier molecular flexibility index (Phi) is 3.99. The number of hydrogen-bond acceptors (Lipinski definition) is 3. The first kappa shape index (κ1) is 12.6. The van der Waals surface area contributed by atoms with Crippen molar-refractivity contribution in [3.63, 3.8) is 0 Å².